The van der Waals surface area contributed by atoms with Gasteiger partial charge >= 0.3 is 0 Å². The number of benzene rings is 1. The van der Waals surface area contributed by atoms with Gasteiger partial charge in [-0.05, 0) is 55.3 Å². The zero-order valence-electron chi connectivity index (χ0n) is 20.8. The molecule has 0 bridgehead atoms. The summed E-state index contributed by atoms with van der Waals surface area (Å²) >= 11 is 6.42. The number of nitrogens with one attached hydrogen (secondary N) is 1. The summed E-state index contributed by atoms with van der Waals surface area (Å²) in [5, 5.41) is 3.97. The van der Waals surface area contributed by atoms with Crippen LogP contribution in [-0.2, 0) is 6.54 Å². The topological polar surface area (TPSA) is 109 Å². The Labute approximate surface area is 226 Å². The van der Waals surface area contributed by atoms with E-state index in [4.69, 9.17) is 27.3 Å². The lowest BCUT2D eigenvalue weighted by Gasteiger charge is -2.30. The number of hydrogen-bond acceptors (Lipinski definition) is 7. The van der Waals surface area contributed by atoms with Crippen LogP contribution in [0.25, 0.3) is 0 Å². The molecule has 0 spiro atoms. The first-order chi connectivity index (χ1) is 18.5. The summed E-state index contributed by atoms with van der Waals surface area (Å²) < 4.78 is 0. The van der Waals surface area contributed by atoms with Crippen LogP contribution in [-0.4, -0.2) is 50.6 Å². The van der Waals surface area contributed by atoms with Crippen molar-refractivity contribution in [3.63, 3.8) is 0 Å². The van der Waals surface area contributed by atoms with E-state index in [-0.39, 0.29) is 23.8 Å². The normalized spacial score (nSPS) is 21.1. The molecular formula is C29H28ClN7O. The highest BCUT2D eigenvalue weighted by molar-refractivity contribution is 6.31. The number of allylic oxidation sites excluding steroid dienone is 4. The summed E-state index contributed by atoms with van der Waals surface area (Å²) in [6.45, 7) is 1.86. The van der Waals surface area contributed by atoms with Crippen LogP contribution in [0.2, 0.25) is 0 Å². The fourth-order valence-electron chi connectivity index (χ4n) is 5.20. The first-order valence-electron chi connectivity index (χ1n) is 12.8. The van der Waals surface area contributed by atoms with E-state index < -0.39 is 0 Å². The predicted octanol–water partition coefficient (Wildman–Crippen LogP) is 4.57. The second kappa shape index (κ2) is 10.5. The number of likely N-dealkylation sites (tertiary alicyclic amines) is 1. The summed E-state index contributed by atoms with van der Waals surface area (Å²) in [5.74, 6) is 0.398. The molecule has 2 atom stereocenters. The summed E-state index contributed by atoms with van der Waals surface area (Å²) in [6.07, 6.45) is 11.3. The Hall–Kier alpha value is -3.88. The molecule has 3 aromatic rings. The van der Waals surface area contributed by atoms with Crippen LogP contribution in [0.1, 0.15) is 46.1 Å². The van der Waals surface area contributed by atoms with Crippen molar-refractivity contribution in [2.75, 3.05) is 18.4 Å². The smallest absolute Gasteiger partial charge is 0.253 e. The third kappa shape index (κ3) is 4.97. The Morgan fingerprint density at radius 2 is 1.87 bits per heavy atom. The molecule has 3 N–H and O–H groups in total. The van der Waals surface area contributed by atoms with Crippen LogP contribution < -0.4 is 11.1 Å². The quantitative estimate of drug-likeness (QED) is 0.516. The van der Waals surface area contributed by atoms with E-state index in [1.165, 1.54) is 0 Å². The monoisotopic (exact) mass is 525 g/mol. The van der Waals surface area contributed by atoms with Gasteiger partial charge in [-0.25, -0.2) is 9.97 Å². The van der Waals surface area contributed by atoms with Gasteiger partial charge < -0.3 is 16.0 Å². The van der Waals surface area contributed by atoms with Gasteiger partial charge in [0.15, 0.2) is 0 Å². The summed E-state index contributed by atoms with van der Waals surface area (Å²) in [4.78, 5) is 33.7. The number of aromatic nitrogens is 3. The van der Waals surface area contributed by atoms with E-state index in [0.717, 1.165) is 41.2 Å². The van der Waals surface area contributed by atoms with Gasteiger partial charge in [0.25, 0.3) is 5.91 Å². The number of amides is 1. The summed E-state index contributed by atoms with van der Waals surface area (Å²) in [6, 6.07) is 13.4. The number of nitrogens with two attached hydrogens (primary N) is 1. The number of halogens is 1. The molecular weight excluding hydrogens is 498 g/mol. The maximum Gasteiger partial charge on any atom is 0.253 e. The second-order valence-electron chi connectivity index (χ2n) is 9.81. The van der Waals surface area contributed by atoms with Crippen LogP contribution in [0, 0.1) is 5.92 Å². The number of aliphatic imine (C=N–C) groups is 1. The number of carbonyl (C=O) groups excluding carboxylic acids is 1. The third-order valence-corrected chi connectivity index (χ3v) is 7.53. The molecule has 2 unspecified atom stereocenters. The highest BCUT2D eigenvalue weighted by Gasteiger charge is 2.33. The van der Waals surface area contributed by atoms with Crippen molar-refractivity contribution in [1.82, 2.24) is 19.9 Å². The van der Waals surface area contributed by atoms with Gasteiger partial charge in [-0.15, -0.1) is 0 Å². The number of anilines is 2. The van der Waals surface area contributed by atoms with Crippen LogP contribution in [0.15, 0.2) is 83.1 Å². The van der Waals surface area contributed by atoms with Crippen molar-refractivity contribution in [2.45, 2.75) is 31.3 Å². The molecule has 1 fully saturated rings. The minimum absolute atomic E-state index is 0.0373. The molecule has 1 amide bonds. The van der Waals surface area contributed by atoms with Crippen molar-refractivity contribution in [1.29, 1.82) is 0 Å². The van der Waals surface area contributed by atoms with Crippen molar-refractivity contribution in [2.24, 2.45) is 16.6 Å². The average Bonchev–Trinajstić information content (AvgIpc) is 3.10. The van der Waals surface area contributed by atoms with Crippen molar-refractivity contribution >= 4 is 34.9 Å². The molecule has 38 heavy (non-hydrogen) atoms. The van der Waals surface area contributed by atoms with E-state index in [2.05, 4.69) is 21.4 Å². The Kier molecular flexibility index (Phi) is 6.74. The Morgan fingerprint density at radius 1 is 1.05 bits per heavy atom. The number of fused-ring (bicyclic) bond motifs is 3. The maximum absolute atomic E-state index is 12.9. The number of pyridine rings is 1. The molecule has 3 aliphatic rings. The Balaban J connectivity index is 1.23. The average molecular weight is 526 g/mol. The summed E-state index contributed by atoms with van der Waals surface area (Å²) in [5.41, 5.74) is 11.0. The zero-order chi connectivity index (χ0) is 26.1. The SMILES string of the molecule is NC1CCN(C(=O)c2ccc(Nc3ncc4c(n3)C3C=CC(Cl)=CC3C(c3ccccn3)=NC4)cc2)CC1. The van der Waals surface area contributed by atoms with E-state index in [0.29, 0.717) is 36.2 Å². The van der Waals surface area contributed by atoms with Gasteiger partial charge in [-0.1, -0.05) is 29.8 Å². The first kappa shape index (κ1) is 24.5. The molecule has 1 saturated heterocycles. The number of carbonyl (C=O) groups is 1. The lowest BCUT2D eigenvalue weighted by molar-refractivity contribution is 0.0715. The molecule has 2 aliphatic heterocycles. The molecule has 6 rings (SSSR count). The Morgan fingerprint density at radius 3 is 2.63 bits per heavy atom. The fraction of sp³-hybridized carbons (Fsp3) is 0.276. The van der Waals surface area contributed by atoms with Gasteiger partial charge in [0.1, 0.15) is 0 Å². The second-order valence-corrected chi connectivity index (χ2v) is 10.3. The molecule has 1 aromatic carbocycles. The number of rotatable bonds is 4. The first-order valence-corrected chi connectivity index (χ1v) is 13.2. The van der Waals surface area contributed by atoms with Crippen molar-refractivity contribution in [3.05, 3.63) is 101 Å². The molecule has 4 heterocycles. The number of piperidine rings is 1. The molecule has 0 radical (unpaired) electrons. The molecule has 1 aliphatic carbocycles. The van der Waals surface area contributed by atoms with E-state index in [1.807, 2.05) is 65.7 Å². The van der Waals surface area contributed by atoms with Crippen LogP contribution in [0.3, 0.4) is 0 Å². The van der Waals surface area contributed by atoms with Gasteiger partial charge in [0.2, 0.25) is 5.95 Å². The lowest BCUT2D eigenvalue weighted by atomic mass is 9.81. The predicted molar refractivity (Wildman–Crippen MR) is 149 cm³/mol. The molecule has 9 heteroatoms. The fourth-order valence-corrected chi connectivity index (χ4v) is 5.41. The van der Waals surface area contributed by atoms with E-state index >= 15 is 0 Å². The maximum atomic E-state index is 12.9. The number of hydrogen-bond donors (Lipinski definition) is 2. The highest BCUT2D eigenvalue weighted by Crippen LogP contribution is 2.38. The zero-order valence-corrected chi connectivity index (χ0v) is 21.6. The van der Waals surface area contributed by atoms with E-state index in [1.54, 1.807) is 6.20 Å². The van der Waals surface area contributed by atoms with Gasteiger partial charge in [-0.3, -0.25) is 14.8 Å². The molecule has 0 saturated carbocycles. The van der Waals surface area contributed by atoms with Crippen LogP contribution in [0.5, 0.6) is 0 Å². The van der Waals surface area contributed by atoms with Crippen LogP contribution >= 0.6 is 11.6 Å². The van der Waals surface area contributed by atoms with Gasteiger partial charge in [-0.2, -0.15) is 0 Å². The largest absolute Gasteiger partial charge is 0.339 e. The standard InChI is InChI=1S/C29H28ClN7O/c30-20-6-9-23-24(15-20)27(25-3-1-2-12-32-25)33-16-19-17-34-29(36-26(19)23)35-22-7-4-18(5-8-22)28(38)37-13-10-21(31)11-14-37/h1-9,12,15,17,21,23-24H,10-11,13-14,16,31H2,(H,34,35,36). The van der Waals surface area contributed by atoms with Crippen molar-refractivity contribution < 1.29 is 4.79 Å². The summed E-state index contributed by atoms with van der Waals surface area (Å²) in [7, 11) is 0. The Bertz CT molecular complexity index is 1430. The van der Waals surface area contributed by atoms with Crippen molar-refractivity contribution in [3.8, 4) is 0 Å². The van der Waals surface area contributed by atoms with Gasteiger partial charge in [0.05, 0.1) is 23.6 Å². The minimum atomic E-state index is -0.0824. The van der Waals surface area contributed by atoms with Crippen LogP contribution in [0.4, 0.5) is 11.6 Å². The number of nitrogens with zero attached hydrogens (tertiary/aromatic N) is 5. The van der Waals surface area contributed by atoms with E-state index in [9.17, 15) is 4.79 Å². The molecule has 2 aromatic heterocycles. The third-order valence-electron chi connectivity index (χ3n) is 7.28. The highest BCUT2D eigenvalue weighted by atomic mass is 35.5. The lowest BCUT2D eigenvalue weighted by Crippen LogP contribution is -2.42. The van der Waals surface area contributed by atoms with Gasteiger partial charge in [0, 0.05) is 65.2 Å². The molecule has 8 nitrogen and oxygen atoms in total. The minimum Gasteiger partial charge on any atom is -0.339 e. The molecule has 192 valence electrons.